The zero-order chi connectivity index (χ0) is 18.5. The molecule has 5 nitrogen and oxygen atoms in total. The van der Waals surface area contributed by atoms with Crippen LogP contribution in [0.5, 0.6) is 5.75 Å². The molecule has 0 bridgehead atoms. The van der Waals surface area contributed by atoms with Gasteiger partial charge in [0, 0.05) is 5.39 Å². The summed E-state index contributed by atoms with van der Waals surface area (Å²) in [5.74, 6) is -1.56. The molecule has 0 amide bonds. The smallest absolute Gasteiger partial charge is 0.405 e. The lowest BCUT2D eigenvalue weighted by Crippen LogP contribution is -2.17. The van der Waals surface area contributed by atoms with E-state index in [0.29, 0.717) is 10.9 Å². The van der Waals surface area contributed by atoms with Crippen LogP contribution in [0.15, 0.2) is 42.5 Å². The van der Waals surface area contributed by atoms with E-state index in [1.807, 2.05) is 0 Å². The molecule has 2 aromatic heterocycles. The number of halogens is 5. The van der Waals surface area contributed by atoms with Crippen LogP contribution in [0.1, 0.15) is 0 Å². The average molecular weight is 383 g/mol. The van der Waals surface area contributed by atoms with Gasteiger partial charge in [0.05, 0.1) is 11.1 Å². The minimum atomic E-state index is -4.95. The number of benzene rings is 2. The Labute approximate surface area is 147 Å². The third kappa shape index (κ3) is 2.90. The summed E-state index contributed by atoms with van der Waals surface area (Å²) in [6.45, 7) is 0. The fourth-order valence-corrected chi connectivity index (χ4v) is 2.74. The average Bonchev–Trinajstić information content (AvgIpc) is 3.01. The number of alkyl halides is 3. The molecular weight excluding hydrogens is 376 g/mol. The van der Waals surface area contributed by atoms with Crippen molar-refractivity contribution in [1.82, 2.24) is 19.6 Å². The predicted molar refractivity (Wildman–Crippen MR) is 85.4 cm³/mol. The molecule has 132 valence electrons. The van der Waals surface area contributed by atoms with Gasteiger partial charge in [-0.3, -0.25) is 0 Å². The van der Waals surface area contributed by atoms with Crippen LogP contribution in [0.25, 0.3) is 27.9 Å². The van der Waals surface area contributed by atoms with Crippen molar-refractivity contribution in [3.05, 3.63) is 53.6 Å². The van der Waals surface area contributed by atoms with E-state index in [2.05, 4.69) is 19.8 Å². The molecule has 2 aromatic carbocycles. The predicted octanol–water partition coefficient (Wildman–Crippen LogP) is 4.64. The van der Waals surface area contributed by atoms with Crippen molar-refractivity contribution in [2.45, 2.75) is 6.36 Å². The van der Waals surface area contributed by atoms with Crippen LogP contribution in [0.4, 0.5) is 17.6 Å². The molecule has 4 rings (SSSR count). The number of ether oxygens (including phenoxy) is 1. The zero-order valence-corrected chi connectivity index (χ0v) is 13.4. The molecule has 0 aliphatic rings. The van der Waals surface area contributed by atoms with Crippen molar-refractivity contribution in [1.29, 1.82) is 0 Å². The van der Waals surface area contributed by atoms with Crippen LogP contribution in [-0.2, 0) is 0 Å². The summed E-state index contributed by atoms with van der Waals surface area (Å²) < 4.78 is 56.6. The first kappa shape index (κ1) is 16.5. The van der Waals surface area contributed by atoms with Gasteiger partial charge in [-0.05, 0) is 41.9 Å². The minimum absolute atomic E-state index is 0.0351. The number of para-hydroxylation sites is 1. The van der Waals surface area contributed by atoms with E-state index in [1.54, 1.807) is 24.3 Å². The summed E-state index contributed by atoms with van der Waals surface area (Å²) in [4.78, 5) is 8.37. The summed E-state index contributed by atoms with van der Waals surface area (Å²) in [6.07, 6.45) is -4.95. The number of fused-ring (bicyclic) bond motifs is 3. The number of hydrogen-bond donors (Lipinski definition) is 0. The lowest BCUT2D eigenvalue weighted by molar-refractivity contribution is -0.274. The van der Waals surface area contributed by atoms with Crippen molar-refractivity contribution in [3.63, 3.8) is 0 Å². The Morgan fingerprint density at radius 2 is 1.81 bits per heavy atom. The van der Waals surface area contributed by atoms with Crippen LogP contribution in [0.3, 0.4) is 0 Å². The lowest BCUT2D eigenvalue weighted by Gasteiger charge is -2.11. The highest BCUT2D eigenvalue weighted by Crippen LogP contribution is 2.34. The highest BCUT2D eigenvalue weighted by atomic mass is 35.5. The van der Waals surface area contributed by atoms with Crippen molar-refractivity contribution in [2.24, 2.45) is 0 Å². The Balaban J connectivity index is 1.97. The van der Waals surface area contributed by atoms with Gasteiger partial charge in [-0.25, -0.2) is 14.4 Å². The van der Waals surface area contributed by atoms with Gasteiger partial charge in [-0.1, -0.05) is 12.1 Å². The van der Waals surface area contributed by atoms with Gasteiger partial charge in [0.25, 0.3) is 0 Å². The van der Waals surface area contributed by atoms with Gasteiger partial charge < -0.3 is 4.74 Å². The molecule has 10 heteroatoms. The molecule has 0 N–H and O–H groups in total. The maximum absolute atomic E-state index is 13.6. The van der Waals surface area contributed by atoms with E-state index in [0.717, 1.165) is 18.2 Å². The third-order valence-corrected chi connectivity index (χ3v) is 3.79. The van der Waals surface area contributed by atoms with E-state index in [-0.39, 0.29) is 22.3 Å². The SMILES string of the molecule is Fc1ccc(OC(F)(F)F)c(-c2nc3c4ccccc4nc(Cl)n3n2)c1. The lowest BCUT2D eigenvalue weighted by atomic mass is 10.2. The maximum atomic E-state index is 13.6. The fourth-order valence-electron chi connectivity index (χ4n) is 2.53. The van der Waals surface area contributed by atoms with Gasteiger partial charge in [0.2, 0.25) is 5.28 Å². The first-order valence-corrected chi connectivity index (χ1v) is 7.56. The third-order valence-electron chi connectivity index (χ3n) is 3.55. The topological polar surface area (TPSA) is 52.3 Å². The highest BCUT2D eigenvalue weighted by molar-refractivity contribution is 6.29. The molecule has 0 saturated carbocycles. The summed E-state index contributed by atoms with van der Waals surface area (Å²) in [6, 6.07) is 9.49. The normalized spacial score (nSPS) is 12.0. The maximum Gasteiger partial charge on any atom is 0.573 e. The Morgan fingerprint density at radius 1 is 1.04 bits per heavy atom. The Bertz CT molecular complexity index is 1140. The van der Waals surface area contributed by atoms with Crippen molar-refractivity contribution >= 4 is 28.2 Å². The summed E-state index contributed by atoms with van der Waals surface area (Å²) in [7, 11) is 0. The monoisotopic (exact) mass is 382 g/mol. The molecule has 0 spiro atoms. The molecule has 4 aromatic rings. The second kappa shape index (κ2) is 5.80. The van der Waals surface area contributed by atoms with Crippen molar-refractivity contribution in [3.8, 4) is 17.1 Å². The number of nitrogens with zero attached hydrogens (tertiary/aromatic N) is 4. The standard InChI is InChI=1S/C16H7ClF4N4O/c17-15-22-11-4-2-1-3-9(11)14-23-13(24-25(14)15)10-7-8(18)5-6-12(10)26-16(19,20)21/h1-7H. The quantitative estimate of drug-likeness (QED) is 0.374. The first-order chi connectivity index (χ1) is 12.3. The number of rotatable bonds is 2. The molecule has 2 heterocycles. The van der Waals surface area contributed by atoms with Crippen LogP contribution in [-0.4, -0.2) is 25.9 Å². The molecule has 0 fully saturated rings. The van der Waals surface area contributed by atoms with Crippen molar-refractivity contribution < 1.29 is 22.3 Å². The minimum Gasteiger partial charge on any atom is -0.405 e. The molecule has 0 atom stereocenters. The van der Waals surface area contributed by atoms with Gasteiger partial charge >= 0.3 is 6.36 Å². The summed E-state index contributed by atoms with van der Waals surface area (Å²) in [5.41, 5.74) is 0.555. The second-order valence-corrected chi connectivity index (χ2v) is 5.60. The Morgan fingerprint density at radius 3 is 2.58 bits per heavy atom. The molecule has 26 heavy (non-hydrogen) atoms. The van der Waals surface area contributed by atoms with Crippen LogP contribution in [0.2, 0.25) is 5.28 Å². The largest absolute Gasteiger partial charge is 0.573 e. The highest BCUT2D eigenvalue weighted by Gasteiger charge is 2.33. The van der Waals surface area contributed by atoms with Gasteiger partial charge in [0.15, 0.2) is 11.5 Å². The van der Waals surface area contributed by atoms with Gasteiger partial charge in [-0.2, -0.15) is 4.52 Å². The van der Waals surface area contributed by atoms with Gasteiger partial charge in [-0.15, -0.1) is 18.3 Å². The van der Waals surface area contributed by atoms with Crippen molar-refractivity contribution in [2.75, 3.05) is 0 Å². The van der Waals surface area contributed by atoms with E-state index >= 15 is 0 Å². The first-order valence-electron chi connectivity index (χ1n) is 7.18. The fraction of sp³-hybridized carbons (Fsp3) is 0.0625. The molecule has 0 aliphatic carbocycles. The van der Waals surface area contributed by atoms with Crippen LogP contribution in [0, 0.1) is 5.82 Å². The van der Waals surface area contributed by atoms with Gasteiger partial charge in [0.1, 0.15) is 11.6 Å². The Kier molecular flexibility index (Phi) is 3.69. The Hall–Kier alpha value is -2.94. The summed E-state index contributed by atoms with van der Waals surface area (Å²) >= 11 is 6.08. The molecule has 0 saturated heterocycles. The molecule has 0 radical (unpaired) electrons. The molecule has 0 unspecified atom stereocenters. The van der Waals surface area contributed by atoms with Crippen LogP contribution < -0.4 is 4.74 Å². The molecule has 0 aliphatic heterocycles. The van der Waals surface area contributed by atoms with E-state index in [9.17, 15) is 17.6 Å². The number of hydrogen-bond acceptors (Lipinski definition) is 4. The van der Waals surface area contributed by atoms with E-state index < -0.39 is 17.9 Å². The van der Waals surface area contributed by atoms with E-state index in [4.69, 9.17) is 11.6 Å². The second-order valence-electron chi connectivity index (χ2n) is 5.26. The van der Waals surface area contributed by atoms with Crippen LogP contribution >= 0.6 is 11.6 Å². The number of aromatic nitrogens is 4. The molecular formula is C16H7ClF4N4O. The summed E-state index contributed by atoms with van der Waals surface area (Å²) in [5, 5.41) is 4.61. The van der Waals surface area contributed by atoms with E-state index in [1.165, 1.54) is 4.52 Å². The zero-order valence-electron chi connectivity index (χ0n) is 12.6.